The van der Waals surface area contributed by atoms with Crippen molar-refractivity contribution in [3.8, 4) is 34.3 Å². The Morgan fingerprint density at radius 2 is 1.87 bits per heavy atom. The van der Waals surface area contributed by atoms with Crippen molar-refractivity contribution < 1.29 is 23.7 Å². The maximum absolute atomic E-state index is 12.3. The van der Waals surface area contributed by atoms with Gasteiger partial charge in [0.25, 0.3) is 0 Å². The maximum Gasteiger partial charge on any atom is 0.231 e. The van der Waals surface area contributed by atoms with E-state index in [1.54, 1.807) is 14.2 Å². The van der Waals surface area contributed by atoms with E-state index in [1.165, 1.54) is 0 Å². The summed E-state index contributed by atoms with van der Waals surface area (Å²) in [5.41, 5.74) is 4.08. The first kappa shape index (κ1) is 20.8. The van der Waals surface area contributed by atoms with Crippen LogP contribution in [0.4, 0.5) is 5.69 Å². The molecule has 1 amide bonds. The second kappa shape index (κ2) is 8.34. The minimum atomic E-state index is -0.0395. The fraction of sp³-hybridized carbons (Fsp3) is 0.333. The number of aromatic nitrogens is 1. The fourth-order valence-corrected chi connectivity index (χ4v) is 3.69. The van der Waals surface area contributed by atoms with Crippen LogP contribution in [-0.2, 0) is 4.79 Å². The average Bonchev–Trinajstić information content (AvgIpc) is 3.21. The van der Waals surface area contributed by atoms with Crippen molar-refractivity contribution in [3.63, 3.8) is 0 Å². The van der Waals surface area contributed by atoms with Crippen LogP contribution in [0.5, 0.6) is 23.0 Å². The Hall–Kier alpha value is -3.48. The average molecular weight is 422 g/mol. The number of nitrogens with one attached hydrogen (secondary N) is 1. The molecule has 4 rings (SSSR count). The second-order valence-electron chi connectivity index (χ2n) is 7.95. The van der Waals surface area contributed by atoms with Gasteiger partial charge in [-0.1, -0.05) is 13.8 Å². The molecule has 0 unspecified atom stereocenters. The number of hydrogen-bond acceptors (Lipinski definition) is 6. The van der Waals surface area contributed by atoms with Crippen LogP contribution < -0.4 is 24.3 Å². The molecule has 2 aromatic carbocycles. The third-order valence-electron chi connectivity index (χ3n) is 5.16. The van der Waals surface area contributed by atoms with Gasteiger partial charge in [-0.25, -0.2) is 4.98 Å². The lowest BCUT2D eigenvalue weighted by Gasteiger charge is -2.15. The Bertz CT molecular complexity index is 1160. The standard InChI is InChI=1S/C24H26N2O5/c1-13(2)6-23(27)26-19-10-16-14(3)7-17(25-18(16)11-20(19)28-4)15-8-21(29-5)24-22(9-15)30-12-31-24/h7-11,13H,6,12H2,1-5H3,(H,26,27). The minimum absolute atomic E-state index is 0.0395. The van der Waals surface area contributed by atoms with Gasteiger partial charge in [-0.05, 0) is 42.7 Å². The van der Waals surface area contributed by atoms with Gasteiger partial charge in [0.05, 0.1) is 31.1 Å². The van der Waals surface area contributed by atoms with Crippen LogP contribution in [0.25, 0.3) is 22.2 Å². The molecule has 31 heavy (non-hydrogen) atoms. The largest absolute Gasteiger partial charge is 0.494 e. The summed E-state index contributed by atoms with van der Waals surface area (Å²) in [4.78, 5) is 17.1. The molecule has 0 bridgehead atoms. The Morgan fingerprint density at radius 1 is 1.10 bits per heavy atom. The van der Waals surface area contributed by atoms with Gasteiger partial charge in [-0.15, -0.1) is 0 Å². The van der Waals surface area contributed by atoms with Gasteiger partial charge in [0.2, 0.25) is 18.4 Å². The highest BCUT2D eigenvalue weighted by molar-refractivity contribution is 5.97. The topological polar surface area (TPSA) is 78.9 Å². The van der Waals surface area contributed by atoms with E-state index in [4.69, 9.17) is 23.9 Å². The van der Waals surface area contributed by atoms with E-state index in [0.717, 1.165) is 27.7 Å². The number of rotatable bonds is 6. The van der Waals surface area contributed by atoms with Crippen molar-refractivity contribution in [2.75, 3.05) is 26.3 Å². The molecule has 1 aliphatic heterocycles. The van der Waals surface area contributed by atoms with Crippen molar-refractivity contribution in [2.24, 2.45) is 5.92 Å². The predicted molar refractivity (Wildman–Crippen MR) is 119 cm³/mol. The summed E-state index contributed by atoms with van der Waals surface area (Å²) in [6.07, 6.45) is 0.448. The summed E-state index contributed by atoms with van der Waals surface area (Å²) >= 11 is 0. The minimum Gasteiger partial charge on any atom is -0.494 e. The van der Waals surface area contributed by atoms with Crippen molar-refractivity contribution in [3.05, 3.63) is 35.9 Å². The molecule has 7 heteroatoms. The first-order valence-corrected chi connectivity index (χ1v) is 10.2. The lowest BCUT2D eigenvalue weighted by atomic mass is 10.0. The zero-order valence-electron chi connectivity index (χ0n) is 18.4. The van der Waals surface area contributed by atoms with Crippen molar-refractivity contribution in [2.45, 2.75) is 27.2 Å². The first-order chi connectivity index (χ1) is 14.9. The van der Waals surface area contributed by atoms with E-state index in [9.17, 15) is 4.79 Å². The molecular formula is C24H26N2O5. The van der Waals surface area contributed by atoms with E-state index in [0.29, 0.717) is 35.1 Å². The lowest BCUT2D eigenvalue weighted by molar-refractivity contribution is -0.116. The molecule has 162 valence electrons. The molecule has 3 aromatic rings. The van der Waals surface area contributed by atoms with E-state index >= 15 is 0 Å². The molecule has 0 atom stereocenters. The third kappa shape index (κ3) is 4.08. The zero-order chi connectivity index (χ0) is 22.1. The number of ether oxygens (including phenoxy) is 4. The number of amides is 1. The summed E-state index contributed by atoms with van der Waals surface area (Å²) < 4.78 is 22.0. The number of nitrogens with zero attached hydrogens (tertiary/aromatic N) is 1. The highest BCUT2D eigenvalue weighted by atomic mass is 16.7. The van der Waals surface area contributed by atoms with Crippen LogP contribution in [0.15, 0.2) is 30.3 Å². The van der Waals surface area contributed by atoms with Gasteiger partial charge >= 0.3 is 0 Å². The first-order valence-electron chi connectivity index (χ1n) is 10.2. The van der Waals surface area contributed by atoms with E-state index in [1.807, 2.05) is 51.1 Å². The fourth-order valence-electron chi connectivity index (χ4n) is 3.69. The number of methoxy groups -OCH3 is 2. The van der Waals surface area contributed by atoms with Crippen LogP contribution in [-0.4, -0.2) is 31.9 Å². The van der Waals surface area contributed by atoms with Crippen LogP contribution in [0.3, 0.4) is 0 Å². The van der Waals surface area contributed by atoms with Gasteiger partial charge in [0.1, 0.15) is 5.75 Å². The van der Waals surface area contributed by atoms with Gasteiger partial charge in [-0.2, -0.15) is 0 Å². The van der Waals surface area contributed by atoms with Gasteiger partial charge in [0, 0.05) is 23.4 Å². The predicted octanol–water partition coefficient (Wildman–Crippen LogP) is 4.94. The number of carbonyl (C=O) groups is 1. The molecule has 0 spiro atoms. The smallest absolute Gasteiger partial charge is 0.231 e. The molecule has 0 aliphatic carbocycles. The summed E-state index contributed by atoms with van der Waals surface area (Å²) in [6, 6.07) is 9.56. The SMILES string of the molecule is COc1cc2nc(-c3cc(OC)c4c(c3)OCO4)cc(C)c2cc1NC(=O)CC(C)C. The molecular weight excluding hydrogens is 396 g/mol. The molecule has 1 aliphatic rings. The molecule has 0 saturated heterocycles. The van der Waals surface area contributed by atoms with Crippen LogP contribution in [0.1, 0.15) is 25.8 Å². The monoisotopic (exact) mass is 422 g/mol. The maximum atomic E-state index is 12.3. The Kier molecular flexibility index (Phi) is 5.59. The zero-order valence-corrected chi connectivity index (χ0v) is 18.4. The molecule has 0 saturated carbocycles. The van der Waals surface area contributed by atoms with Gasteiger partial charge in [-0.3, -0.25) is 4.79 Å². The number of anilines is 1. The molecule has 0 fully saturated rings. The number of benzene rings is 2. The lowest BCUT2D eigenvalue weighted by Crippen LogP contribution is -2.14. The number of pyridine rings is 1. The molecule has 1 N–H and O–H groups in total. The molecule has 1 aromatic heterocycles. The van der Waals surface area contributed by atoms with Crippen molar-refractivity contribution in [1.29, 1.82) is 0 Å². The summed E-state index contributed by atoms with van der Waals surface area (Å²) in [7, 11) is 3.18. The van der Waals surface area contributed by atoms with E-state index in [2.05, 4.69) is 5.32 Å². The highest BCUT2D eigenvalue weighted by Crippen LogP contribution is 2.44. The highest BCUT2D eigenvalue weighted by Gasteiger charge is 2.21. The van der Waals surface area contributed by atoms with Crippen LogP contribution in [0, 0.1) is 12.8 Å². The van der Waals surface area contributed by atoms with E-state index < -0.39 is 0 Å². The Balaban J connectivity index is 1.77. The summed E-state index contributed by atoms with van der Waals surface area (Å²) in [5.74, 6) is 2.64. The van der Waals surface area contributed by atoms with Gasteiger partial charge < -0.3 is 24.3 Å². The summed E-state index contributed by atoms with van der Waals surface area (Å²) in [5, 5.41) is 3.90. The van der Waals surface area contributed by atoms with Crippen molar-refractivity contribution >= 4 is 22.5 Å². The normalized spacial score (nSPS) is 12.3. The molecule has 7 nitrogen and oxygen atoms in total. The number of carbonyl (C=O) groups excluding carboxylic acids is 1. The number of hydrogen-bond donors (Lipinski definition) is 1. The molecule has 2 heterocycles. The summed E-state index contributed by atoms with van der Waals surface area (Å²) in [6.45, 7) is 6.21. The van der Waals surface area contributed by atoms with Crippen molar-refractivity contribution in [1.82, 2.24) is 4.98 Å². The Morgan fingerprint density at radius 3 is 2.58 bits per heavy atom. The van der Waals surface area contributed by atoms with E-state index in [-0.39, 0.29) is 18.6 Å². The second-order valence-corrected chi connectivity index (χ2v) is 7.95. The molecule has 0 radical (unpaired) electrons. The third-order valence-corrected chi connectivity index (χ3v) is 5.16. The number of aryl methyl sites for hydroxylation is 1. The Labute approximate surface area is 181 Å². The quantitative estimate of drug-likeness (QED) is 0.606. The van der Waals surface area contributed by atoms with Gasteiger partial charge in [0.15, 0.2) is 11.5 Å². The van der Waals surface area contributed by atoms with Crippen LogP contribution in [0.2, 0.25) is 0 Å². The van der Waals surface area contributed by atoms with Crippen LogP contribution >= 0.6 is 0 Å². The number of fused-ring (bicyclic) bond motifs is 2.